The van der Waals surface area contributed by atoms with Gasteiger partial charge in [0.1, 0.15) is 5.82 Å². The van der Waals surface area contributed by atoms with E-state index in [4.69, 9.17) is 4.74 Å². The lowest BCUT2D eigenvalue weighted by molar-refractivity contribution is 0.230. The Balaban J connectivity index is 2.07. The minimum absolute atomic E-state index is 0.296. The van der Waals surface area contributed by atoms with Gasteiger partial charge >= 0.3 is 0 Å². The SMILES string of the molecule is Cc1nccc(-c2ccc(OC[C@H](C)CC(C)C)c(F)c2)n1. The lowest BCUT2D eigenvalue weighted by atomic mass is 10.00. The van der Waals surface area contributed by atoms with Crippen LogP contribution in [-0.4, -0.2) is 16.6 Å². The maximum atomic E-state index is 14.2. The Morgan fingerprint density at radius 3 is 2.59 bits per heavy atom. The highest BCUT2D eigenvalue weighted by molar-refractivity contribution is 5.60. The van der Waals surface area contributed by atoms with Crippen LogP contribution in [0, 0.1) is 24.6 Å². The van der Waals surface area contributed by atoms with Crippen molar-refractivity contribution in [2.24, 2.45) is 11.8 Å². The van der Waals surface area contributed by atoms with Gasteiger partial charge in [-0.15, -0.1) is 0 Å². The molecule has 1 aromatic heterocycles. The maximum absolute atomic E-state index is 14.2. The molecule has 0 aliphatic heterocycles. The molecule has 0 N–H and O–H groups in total. The van der Waals surface area contributed by atoms with Gasteiger partial charge in [-0.2, -0.15) is 0 Å². The Kier molecular flexibility index (Phi) is 5.47. The topological polar surface area (TPSA) is 35.0 Å². The number of aryl methyl sites for hydroxylation is 1. The van der Waals surface area contributed by atoms with Gasteiger partial charge in [0.05, 0.1) is 12.3 Å². The van der Waals surface area contributed by atoms with E-state index >= 15 is 0 Å². The second-order valence-electron chi connectivity index (χ2n) is 6.18. The van der Waals surface area contributed by atoms with E-state index in [1.54, 1.807) is 18.3 Å². The van der Waals surface area contributed by atoms with E-state index in [-0.39, 0.29) is 5.82 Å². The molecule has 1 atom stereocenters. The summed E-state index contributed by atoms with van der Waals surface area (Å²) >= 11 is 0. The molecule has 0 saturated heterocycles. The average Bonchev–Trinajstić information content (AvgIpc) is 2.45. The highest BCUT2D eigenvalue weighted by atomic mass is 19.1. The van der Waals surface area contributed by atoms with Gasteiger partial charge < -0.3 is 4.74 Å². The summed E-state index contributed by atoms with van der Waals surface area (Å²) in [5.74, 6) is 1.63. The Hall–Kier alpha value is -1.97. The first-order valence-corrected chi connectivity index (χ1v) is 7.68. The highest BCUT2D eigenvalue weighted by Gasteiger charge is 2.10. The first-order valence-electron chi connectivity index (χ1n) is 7.68. The molecule has 118 valence electrons. The monoisotopic (exact) mass is 302 g/mol. The summed E-state index contributed by atoms with van der Waals surface area (Å²) in [7, 11) is 0. The quantitative estimate of drug-likeness (QED) is 0.779. The summed E-state index contributed by atoms with van der Waals surface area (Å²) in [6.45, 7) is 8.82. The molecule has 0 saturated carbocycles. The highest BCUT2D eigenvalue weighted by Crippen LogP contribution is 2.25. The Morgan fingerprint density at radius 1 is 1.18 bits per heavy atom. The Bertz CT molecular complexity index is 628. The van der Waals surface area contributed by atoms with E-state index in [0.29, 0.717) is 35.7 Å². The van der Waals surface area contributed by atoms with E-state index in [1.807, 2.05) is 13.0 Å². The molecule has 1 aromatic carbocycles. The van der Waals surface area contributed by atoms with Crippen molar-refractivity contribution in [1.29, 1.82) is 0 Å². The van der Waals surface area contributed by atoms with Crippen molar-refractivity contribution in [2.75, 3.05) is 6.61 Å². The van der Waals surface area contributed by atoms with E-state index in [9.17, 15) is 4.39 Å². The van der Waals surface area contributed by atoms with Crippen LogP contribution in [0.1, 0.15) is 33.0 Å². The summed E-state index contributed by atoms with van der Waals surface area (Å²) in [6.07, 6.45) is 2.74. The van der Waals surface area contributed by atoms with Gasteiger partial charge in [0.25, 0.3) is 0 Å². The first-order chi connectivity index (χ1) is 10.5. The van der Waals surface area contributed by atoms with Crippen LogP contribution in [0.25, 0.3) is 11.3 Å². The van der Waals surface area contributed by atoms with Crippen LogP contribution in [0.5, 0.6) is 5.75 Å². The smallest absolute Gasteiger partial charge is 0.165 e. The zero-order chi connectivity index (χ0) is 16.1. The van der Waals surface area contributed by atoms with Gasteiger partial charge in [-0.1, -0.05) is 20.8 Å². The minimum atomic E-state index is -0.356. The molecular weight excluding hydrogens is 279 g/mol. The molecule has 4 heteroatoms. The number of ether oxygens (including phenoxy) is 1. The molecule has 1 heterocycles. The number of halogens is 1. The van der Waals surface area contributed by atoms with Crippen molar-refractivity contribution in [2.45, 2.75) is 34.1 Å². The van der Waals surface area contributed by atoms with Crippen LogP contribution in [0.15, 0.2) is 30.5 Å². The van der Waals surface area contributed by atoms with Gasteiger partial charge in [0, 0.05) is 11.8 Å². The van der Waals surface area contributed by atoms with Crippen molar-refractivity contribution in [3.63, 3.8) is 0 Å². The third-order valence-electron chi connectivity index (χ3n) is 3.40. The summed E-state index contributed by atoms with van der Waals surface area (Å²) in [4.78, 5) is 8.35. The largest absolute Gasteiger partial charge is 0.490 e. The predicted octanol–water partition coefficient (Wildman–Crippen LogP) is 4.65. The molecule has 0 fully saturated rings. The van der Waals surface area contributed by atoms with Crippen LogP contribution in [0.2, 0.25) is 0 Å². The van der Waals surface area contributed by atoms with E-state index in [2.05, 4.69) is 30.7 Å². The molecule has 0 aliphatic carbocycles. The molecule has 22 heavy (non-hydrogen) atoms. The van der Waals surface area contributed by atoms with E-state index in [1.165, 1.54) is 6.07 Å². The maximum Gasteiger partial charge on any atom is 0.165 e. The van der Waals surface area contributed by atoms with Crippen molar-refractivity contribution < 1.29 is 9.13 Å². The predicted molar refractivity (Wildman–Crippen MR) is 86.3 cm³/mol. The Labute approximate surface area is 131 Å². The molecular formula is C18H23FN2O. The zero-order valence-corrected chi connectivity index (χ0v) is 13.6. The average molecular weight is 302 g/mol. The molecule has 0 unspecified atom stereocenters. The molecule has 3 nitrogen and oxygen atoms in total. The molecule has 2 aromatic rings. The third kappa shape index (κ3) is 4.52. The molecule has 0 bridgehead atoms. The molecule has 0 amide bonds. The van der Waals surface area contributed by atoms with Crippen LogP contribution < -0.4 is 4.74 Å². The lowest BCUT2D eigenvalue weighted by Gasteiger charge is -2.15. The fraction of sp³-hybridized carbons (Fsp3) is 0.444. The van der Waals surface area contributed by atoms with Gasteiger partial charge in [-0.25, -0.2) is 14.4 Å². The number of hydrogen-bond acceptors (Lipinski definition) is 3. The summed E-state index contributed by atoms with van der Waals surface area (Å²) < 4.78 is 19.8. The lowest BCUT2D eigenvalue weighted by Crippen LogP contribution is -2.11. The van der Waals surface area contributed by atoms with E-state index in [0.717, 1.165) is 12.0 Å². The number of nitrogens with zero attached hydrogens (tertiary/aromatic N) is 2. The Morgan fingerprint density at radius 2 is 1.95 bits per heavy atom. The standard InChI is InChI=1S/C18H23FN2O/c1-12(2)9-13(3)11-22-18-6-5-15(10-16(18)19)17-7-8-20-14(4)21-17/h5-8,10,12-13H,9,11H2,1-4H3/t13-/m1/s1. The molecule has 0 radical (unpaired) electrons. The normalized spacial score (nSPS) is 12.5. The molecule has 2 rings (SSSR count). The van der Waals surface area contributed by atoms with Crippen LogP contribution in [-0.2, 0) is 0 Å². The van der Waals surface area contributed by atoms with Crippen molar-refractivity contribution in [1.82, 2.24) is 9.97 Å². The van der Waals surface area contributed by atoms with Gasteiger partial charge in [-0.3, -0.25) is 0 Å². The number of rotatable bonds is 6. The number of aromatic nitrogens is 2. The second kappa shape index (κ2) is 7.34. The van der Waals surface area contributed by atoms with Crippen molar-refractivity contribution >= 4 is 0 Å². The van der Waals surface area contributed by atoms with Gasteiger partial charge in [-0.05, 0) is 49.4 Å². The second-order valence-corrected chi connectivity index (χ2v) is 6.18. The minimum Gasteiger partial charge on any atom is -0.490 e. The zero-order valence-electron chi connectivity index (χ0n) is 13.6. The van der Waals surface area contributed by atoms with Crippen LogP contribution in [0.3, 0.4) is 0 Å². The third-order valence-corrected chi connectivity index (χ3v) is 3.40. The van der Waals surface area contributed by atoms with Crippen LogP contribution in [0.4, 0.5) is 4.39 Å². The van der Waals surface area contributed by atoms with Crippen LogP contribution >= 0.6 is 0 Å². The van der Waals surface area contributed by atoms with Crippen molar-refractivity contribution in [3.8, 4) is 17.0 Å². The number of benzene rings is 1. The summed E-state index contributed by atoms with van der Waals surface area (Å²) in [6, 6.07) is 6.73. The van der Waals surface area contributed by atoms with Crippen molar-refractivity contribution in [3.05, 3.63) is 42.1 Å². The fourth-order valence-corrected chi connectivity index (χ4v) is 2.50. The first kappa shape index (κ1) is 16.4. The molecule has 0 aliphatic rings. The van der Waals surface area contributed by atoms with Gasteiger partial charge in [0.2, 0.25) is 0 Å². The summed E-state index contributed by atoms with van der Waals surface area (Å²) in [5, 5.41) is 0. The van der Waals surface area contributed by atoms with E-state index < -0.39 is 0 Å². The summed E-state index contributed by atoms with van der Waals surface area (Å²) in [5.41, 5.74) is 1.44. The number of hydrogen-bond donors (Lipinski definition) is 0. The van der Waals surface area contributed by atoms with Gasteiger partial charge in [0.15, 0.2) is 11.6 Å². The molecule has 0 spiro atoms. The fourth-order valence-electron chi connectivity index (χ4n) is 2.50.